The van der Waals surface area contributed by atoms with Crippen LogP contribution in [0.15, 0.2) is 101 Å². The van der Waals surface area contributed by atoms with Gasteiger partial charge in [-0.2, -0.15) is 0 Å². The lowest BCUT2D eigenvalue weighted by molar-refractivity contribution is -0.139. The van der Waals surface area contributed by atoms with E-state index in [1.165, 1.54) is 11.1 Å². The summed E-state index contributed by atoms with van der Waals surface area (Å²) in [6, 6.07) is 20.7. The van der Waals surface area contributed by atoms with Crippen LogP contribution in [-0.4, -0.2) is 19.4 Å². The maximum atomic E-state index is 13.3. The van der Waals surface area contributed by atoms with E-state index in [1.54, 1.807) is 0 Å². The van der Waals surface area contributed by atoms with Crippen molar-refractivity contribution in [3.05, 3.63) is 112 Å². The molecule has 2 aliphatic carbocycles. The molecule has 0 aromatic heterocycles. The van der Waals surface area contributed by atoms with Gasteiger partial charge >= 0.3 is 5.97 Å². The Kier molecular flexibility index (Phi) is 5.52. The summed E-state index contributed by atoms with van der Waals surface area (Å²) in [6.45, 7) is 9.04. The maximum Gasteiger partial charge on any atom is 0.334 e. The molecule has 1 fully saturated rings. The lowest BCUT2D eigenvalue weighted by atomic mass is 9.70. The fourth-order valence-electron chi connectivity index (χ4n) is 5.89. The highest BCUT2D eigenvalue weighted by molar-refractivity contribution is 5.96. The van der Waals surface area contributed by atoms with Gasteiger partial charge in [-0.1, -0.05) is 72.8 Å². The van der Waals surface area contributed by atoms with Crippen LogP contribution in [0.4, 0.5) is 0 Å². The largest absolute Gasteiger partial charge is 0.463 e. The predicted octanol–water partition coefficient (Wildman–Crippen LogP) is 7.13. The van der Waals surface area contributed by atoms with Gasteiger partial charge in [-0.25, -0.2) is 4.79 Å². The van der Waals surface area contributed by atoms with E-state index in [0.717, 1.165) is 56.5 Å². The van der Waals surface area contributed by atoms with Crippen molar-refractivity contribution in [1.29, 1.82) is 0 Å². The van der Waals surface area contributed by atoms with Crippen LogP contribution in [0.2, 0.25) is 0 Å². The van der Waals surface area contributed by atoms with E-state index in [-0.39, 0.29) is 24.6 Å². The number of benzene rings is 3. The first kappa shape index (κ1) is 22.4. The van der Waals surface area contributed by atoms with Gasteiger partial charge in [0.1, 0.15) is 0 Å². The Morgan fingerprint density at radius 2 is 1.86 bits per heavy atom. The van der Waals surface area contributed by atoms with Crippen molar-refractivity contribution in [2.24, 2.45) is 5.92 Å². The van der Waals surface area contributed by atoms with E-state index in [4.69, 9.17) is 14.2 Å². The van der Waals surface area contributed by atoms with Crippen LogP contribution in [0.1, 0.15) is 37.3 Å². The Morgan fingerprint density at radius 1 is 1.06 bits per heavy atom. The quantitative estimate of drug-likeness (QED) is 0.376. The molecule has 1 heterocycles. The van der Waals surface area contributed by atoms with E-state index >= 15 is 0 Å². The first-order chi connectivity index (χ1) is 17.5. The third-order valence-electron chi connectivity index (χ3n) is 7.44. The van der Waals surface area contributed by atoms with Gasteiger partial charge in [0.05, 0.1) is 6.61 Å². The van der Waals surface area contributed by atoms with Gasteiger partial charge in [0.2, 0.25) is 6.79 Å². The van der Waals surface area contributed by atoms with Crippen molar-refractivity contribution in [3.8, 4) is 11.5 Å². The maximum absolute atomic E-state index is 13.3. The highest BCUT2D eigenvalue weighted by atomic mass is 16.7. The number of hydrogen-bond acceptors (Lipinski definition) is 4. The molecule has 0 amide bonds. The number of hydrogen-bond donors (Lipinski definition) is 0. The van der Waals surface area contributed by atoms with Crippen LogP contribution in [0.25, 0.3) is 16.8 Å². The Labute approximate surface area is 211 Å². The summed E-state index contributed by atoms with van der Waals surface area (Å²) in [6.07, 6.45) is 5.15. The standard InChI is InChI=1S/C32H28O4/c1-4-34-32(33)29-19(2)14-24-17-23(15-21-12-13-27-28(16-21)36-18-35-27)20(3)30(24)31(29)26-11-7-9-22-8-5-6-10-25(22)26/h5-16,30-31H,3-4,17-18H2,1-2H3/b23-15-. The molecule has 6 rings (SSSR count). The molecule has 4 heteroatoms. The van der Waals surface area contributed by atoms with Crippen molar-refractivity contribution in [2.75, 3.05) is 13.4 Å². The zero-order chi connectivity index (χ0) is 24.8. The van der Waals surface area contributed by atoms with E-state index in [0.29, 0.717) is 6.61 Å². The molecular weight excluding hydrogens is 448 g/mol. The molecule has 36 heavy (non-hydrogen) atoms. The topological polar surface area (TPSA) is 44.8 Å². The highest BCUT2D eigenvalue weighted by Crippen LogP contribution is 2.54. The summed E-state index contributed by atoms with van der Waals surface area (Å²) >= 11 is 0. The van der Waals surface area contributed by atoms with Crippen molar-refractivity contribution >= 4 is 22.8 Å². The number of carbonyl (C=O) groups excluding carboxylic acids is 1. The number of rotatable bonds is 4. The fraction of sp³-hybridized carbons (Fsp3) is 0.219. The number of ether oxygens (including phenoxy) is 3. The highest BCUT2D eigenvalue weighted by Gasteiger charge is 2.43. The molecule has 1 aliphatic heterocycles. The average molecular weight is 477 g/mol. The van der Waals surface area contributed by atoms with Crippen molar-refractivity contribution in [1.82, 2.24) is 0 Å². The summed E-state index contributed by atoms with van der Waals surface area (Å²) in [5.41, 5.74) is 7.39. The first-order valence-corrected chi connectivity index (χ1v) is 12.4. The monoisotopic (exact) mass is 476 g/mol. The normalized spacial score (nSPS) is 21.7. The summed E-state index contributed by atoms with van der Waals surface area (Å²) in [5, 5.41) is 2.31. The summed E-state index contributed by atoms with van der Waals surface area (Å²) in [7, 11) is 0. The lowest BCUT2D eigenvalue weighted by Crippen LogP contribution is -2.26. The third kappa shape index (κ3) is 3.65. The second-order valence-electron chi connectivity index (χ2n) is 9.54. The predicted molar refractivity (Wildman–Crippen MR) is 142 cm³/mol. The van der Waals surface area contributed by atoms with Gasteiger partial charge < -0.3 is 14.2 Å². The van der Waals surface area contributed by atoms with Crippen LogP contribution in [0.3, 0.4) is 0 Å². The van der Waals surface area contributed by atoms with Gasteiger partial charge in [-0.05, 0) is 71.0 Å². The fourth-order valence-corrected chi connectivity index (χ4v) is 5.89. The third-order valence-corrected chi connectivity index (χ3v) is 7.44. The summed E-state index contributed by atoms with van der Waals surface area (Å²) in [4.78, 5) is 13.3. The summed E-state index contributed by atoms with van der Waals surface area (Å²) < 4.78 is 16.6. The molecule has 1 saturated carbocycles. The van der Waals surface area contributed by atoms with Crippen molar-refractivity contribution in [2.45, 2.75) is 26.2 Å². The second kappa shape index (κ2) is 8.87. The molecule has 0 bridgehead atoms. The molecule has 3 aromatic rings. The van der Waals surface area contributed by atoms with E-state index < -0.39 is 0 Å². The number of carbonyl (C=O) groups is 1. The van der Waals surface area contributed by atoms with Gasteiger partial charge in [0.15, 0.2) is 11.5 Å². The second-order valence-corrected chi connectivity index (χ2v) is 9.54. The van der Waals surface area contributed by atoms with Crippen molar-refractivity contribution in [3.63, 3.8) is 0 Å². The van der Waals surface area contributed by atoms with Crippen LogP contribution in [-0.2, 0) is 9.53 Å². The Hall–Kier alpha value is -4.05. The van der Waals surface area contributed by atoms with Crippen LogP contribution >= 0.6 is 0 Å². The van der Waals surface area contributed by atoms with E-state index in [2.05, 4.69) is 55.1 Å². The van der Waals surface area contributed by atoms with Crippen molar-refractivity contribution < 1.29 is 19.0 Å². The molecule has 0 saturated heterocycles. The van der Waals surface area contributed by atoms with Gasteiger partial charge in [-0.3, -0.25) is 0 Å². The smallest absolute Gasteiger partial charge is 0.334 e. The Bertz CT molecular complexity index is 1500. The van der Waals surface area contributed by atoms with Gasteiger partial charge in [0, 0.05) is 17.4 Å². The lowest BCUT2D eigenvalue weighted by Gasteiger charge is -2.33. The minimum absolute atomic E-state index is 0.000766. The minimum Gasteiger partial charge on any atom is -0.463 e. The van der Waals surface area contributed by atoms with E-state index in [9.17, 15) is 4.79 Å². The summed E-state index contributed by atoms with van der Waals surface area (Å²) in [5.74, 6) is 1.13. The molecule has 4 nitrogen and oxygen atoms in total. The van der Waals surface area contributed by atoms with Crippen LogP contribution in [0.5, 0.6) is 11.5 Å². The molecule has 3 aromatic carbocycles. The zero-order valence-electron chi connectivity index (χ0n) is 20.5. The van der Waals surface area contributed by atoms with E-state index in [1.807, 2.05) is 38.1 Å². The number of esters is 1. The van der Waals surface area contributed by atoms with Gasteiger partial charge in [-0.15, -0.1) is 0 Å². The number of fused-ring (bicyclic) bond motifs is 3. The molecule has 0 spiro atoms. The van der Waals surface area contributed by atoms with Crippen LogP contribution < -0.4 is 9.47 Å². The Morgan fingerprint density at radius 3 is 2.72 bits per heavy atom. The molecule has 2 atom stereocenters. The molecule has 0 N–H and O–H groups in total. The zero-order valence-corrected chi connectivity index (χ0v) is 20.5. The molecule has 0 radical (unpaired) electrons. The molecule has 180 valence electrons. The molecular formula is C32H28O4. The minimum atomic E-state index is -0.246. The first-order valence-electron chi connectivity index (χ1n) is 12.4. The van der Waals surface area contributed by atoms with Gasteiger partial charge in [0.25, 0.3) is 0 Å². The SMILES string of the molecule is C=C1/C(=C\c2ccc3c(c2)OCO3)CC2=CC(C)=C(C(=O)OCC)C(c3cccc4ccccc34)C12. The molecule has 3 aliphatic rings. The number of allylic oxidation sites excluding steroid dienone is 5. The van der Waals surface area contributed by atoms with Crippen LogP contribution in [0, 0.1) is 5.92 Å². The Balaban J connectivity index is 1.47. The average Bonchev–Trinajstić information content (AvgIpc) is 3.47. The molecule has 2 unspecified atom stereocenters.